The third-order valence-corrected chi connectivity index (χ3v) is 10.2. The van der Waals surface area contributed by atoms with Gasteiger partial charge in [0.25, 0.3) is 0 Å². The first-order valence-electron chi connectivity index (χ1n) is 15.1. The van der Waals surface area contributed by atoms with E-state index in [2.05, 4.69) is 31.9 Å². The van der Waals surface area contributed by atoms with Gasteiger partial charge in [-0.2, -0.15) is 0 Å². The van der Waals surface area contributed by atoms with Gasteiger partial charge in [0.15, 0.2) is 0 Å². The highest BCUT2D eigenvalue weighted by atomic mass is 79.9. The molecule has 0 fully saturated rings. The molecule has 0 heterocycles. The molecule has 0 aliphatic carbocycles. The molecule has 0 aliphatic rings. The summed E-state index contributed by atoms with van der Waals surface area (Å²) in [6.07, 6.45) is 0. The first kappa shape index (κ1) is 40.1. The molecule has 0 unspecified atom stereocenters. The highest BCUT2D eigenvalue weighted by Crippen LogP contribution is 2.45. The molecule has 6 N–H and O–H groups in total. The van der Waals surface area contributed by atoms with Crippen LogP contribution in [0.15, 0.2) is 112 Å². The lowest BCUT2D eigenvalue weighted by molar-refractivity contribution is 0.423. The van der Waals surface area contributed by atoms with Crippen LogP contribution in [-0.2, 0) is 0 Å². The van der Waals surface area contributed by atoms with Crippen molar-refractivity contribution in [1.29, 1.82) is 0 Å². The normalized spacial score (nSPS) is 10.8. The number of halogens is 8. The smallest absolute Gasteiger partial charge is 0.491 e. The van der Waals surface area contributed by atoms with Crippen LogP contribution in [0.5, 0.6) is 23.0 Å². The number of phenols is 4. The number of aromatic hydroxyl groups is 4. The zero-order valence-corrected chi connectivity index (χ0v) is 32.0. The minimum atomic E-state index is -1.78. The second kappa shape index (κ2) is 16.9. The van der Waals surface area contributed by atoms with Gasteiger partial charge in [0, 0.05) is 53.6 Å². The van der Waals surface area contributed by atoms with E-state index in [1.807, 2.05) is 0 Å². The van der Waals surface area contributed by atoms with Crippen LogP contribution >= 0.6 is 66.7 Å². The molecule has 0 aromatic heterocycles. The van der Waals surface area contributed by atoms with Gasteiger partial charge in [-0.05, 0) is 140 Å². The standard InChI is InChI=1S/C22H12Cl2F2O2.C10H6Br2O2.C6H5BClFO2/c23-11-1-3-15(17(25)9-11)21-13-5-8-20(28)22(14(13)6-7-19(21)27)16-4-2-12(24)10-18(16)26;11-9-5-1-3-7(13)10(12)6(5)2-4-8(9)14;8-4-1-2-5(7(10)11)6(9)3-4/h1-10,27-28H;1-4,13-14H;1-3,10-11H. The summed E-state index contributed by atoms with van der Waals surface area (Å²) in [7, 11) is -1.78. The van der Waals surface area contributed by atoms with Crippen LogP contribution in [0.25, 0.3) is 43.8 Å². The van der Waals surface area contributed by atoms with E-state index in [0.717, 1.165) is 29.0 Å². The lowest BCUT2D eigenvalue weighted by Gasteiger charge is -2.15. The van der Waals surface area contributed by atoms with Crippen molar-refractivity contribution in [2.24, 2.45) is 0 Å². The van der Waals surface area contributed by atoms with Gasteiger partial charge in [-0.15, -0.1) is 0 Å². The SMILES string of the molecule is OB(O)c1ccc(Cl)cc1F.Oc1ccc2c(-c3ccc(Cl)cc3F)c(O)ccc2c1-c1ccc(Cl)cc1F.Oc1ccc2c(Br)c(O)ccc2c1Br. The molecule has 0 spiro atoms. The molecule has 0 amide bonds. The van der Waals surface area contributed by atoms with Crippen molar-refractivity contribution in [3.8, 4) is 45.3 Å². The van der Waals surface area contributed by atoms with Gasteiger partial charge in [0.05, 0.1) is 8.95 Å². The molecule has 15 heteroatoms. The largest absolute Gasteiger partial charge is 0.507 e. The minimum Gasteiger partial charge on any atom is -0.507 e. The Morgan fingerprint density at radius 3 is 1.13 bits per heavy atom. The summed E-state index contributed by atoms with van der Waals surface area (Å²) in [4.78, 5) is 0. The quantitative estimate of drug-likeness (QED) is 0.0983. The average Bonchev–Trinajstić information content (AvgIpc) is 3.09. The molecule has 7 rings (SSSR count). The van der Waals surface area contributed by atoms with E-state index in [9.17, 15) is 33.6 Å². The van der Waals surface area contributed by atoms with Crippen LogP contribution in [0.1, 0.15) is 0 Å². The summed E-state index contributed by atoms with van der Waals surface area (Å²) in [5.41, 5.74) is 0.556. The van der Waals surface area contributed by atoms with Crippen molar-refractivity contribution in [3.05, 3.63) is 145 Å². The Kier molecular flexibility index (Phi) is 12.8. The molecule has 0 atom stereocenters. The fraction of sp³-hybridized carbons (Fsp3) is 0. The minimum absolute atomic E-state index is 0.140. The van der Waals surface area contributed by atoms with Crippen molar-refractivity contribution in [3.63, 3.8) is 0 Å². The van der Waals surface area contributed by atoms with Crippen molar-refractivity contribution >= 4 is 101 Å². The Bertz CT molecular complexity index is 2360. The number of hydrogen-bond acceptors (Lipinski definition) is 6. The van der Waals surface area contributed by atoms with Crippen molar-refractivity contribution in [1.82, 2.24) is 0 Å². The summed E-state index contributed by atoms with van der Waals surface area (Å²) in [6.45, 7) is 0. The molecule has 53 heavy (non-hydrogen) atoms. The Labute approximate surface area is 332 Å². The number of rotatable bonds is 3. The molecule has 7 aromatic rings. The van der Waals surface area contributed by atoms with Gasteiger partial charge in [-0.1, -0.05) is 40.9 Å². The van der Waals surface area contributed by atoms with Crippen LogP contribution in [0.4, 0.5) is 13.2 Å². The van der Waals surface area contributed by atoms with E-state index in [1.54, 1.807) is 36.4 Å². The lowest BCUT2D eigenvalue weighted by atomic mass is 9.80. The highest BCUT2D eigenvalue weighted by Gasteiger charge is 2.20. The predicted molar refractivity (Wildman–Crippen MR) is 212 cm³/mol. The Morgan fingerprint density at radius 2 is 0.774 bits per heavy atom. The molecular weight excluding hydrogens is 886 g/mol. The van der Waals surface area contributed by atoms with Crippen molar-refractivity contribution in [2.45, 2.75) is 0 Å². The van der Waals surface area contributed by atoms with Crippen LogP contribution in [0.3, 0.4) is 0 Å². The monoisotopic (exact) mass is 906 g/mol. The van der Waals surface area contributed by atoms with Gasteiger partial charge in [0.1, 0.15) is 40.4 Å². The molecular formula is C38H23BBr2Cl3F3O6. The highest BCUT2D eigenvalue weighted by molar-refractivity contribution is 9.11. The Balaban J connectivity index is 0.000000179. The van der Waals surface area contributed by atoms with Crippen LogP contribution < -0.4 is 5.46 Å². The van der Waals surface area contributed by atoms with Crippen LogP contribution in [0.2, 0.25) is 15.1 Å². The maximum absolute atomic E-state index is 14.5. The lowest BCUT2D eigenvalue weighted by Crippen LogP contribution is -2.32. The first-order valence-corrected chi connectivity index (χ1v) is 17.8. The zero-order chi connectivity index (χ0) is 38.7. The number of hydrogen-bond donors (Lipinski definition) is 6. The summed E-state index contributed by atoms with van der Waals surface area (Å²) in [6, 6.07) is 24.4. The topological polar surface area (TPSA) is 121 Å². The molecule has 0 saturated carbocycles. The summed E-state index contributed by atoms with van der Waals surface area (Å²) >= 11 is 23.7. The van der Waals surface area contributed by atoms with E-state index in [4.69, 9.17) is 44.9 Å². The fourth-order valence-electron chi connectivity index (χ4n) is 5.35. The van der Waals surface area contributed by atoms with Gasteiger partial charge in [-0.3, -0.25) is 0 Å². The maximum atomic E-state index is 14.5. The number of benzene rings is 7. The van der Waals surface area contributed by atoms with Crippen molar-refractivity contribution in [2.75, 3.05) is 0 Å². The van der Waals surface area contributed by atoms with E-state index in [0.29, 0.717) is 19.7 Å². The molecule has 7 aromatic carbocycles. The van der Waals surface area contributed by atoms with Crippen molar-refractivity contribution < 1.29 is 43.6 Å². The molecule has 0 aliphatic heterocycles. The molecule has 6 nitrogen and oxygen atoms in total. The third kappa shape index (κ3) is 8.82. The maximum Gasteiger partial charge on any atom is 0.491 e. The second-order valence-corrected chi connectivity index (χ2v) is 14.1. The van der Waals surface area contributed by atoms with Gasteiger partial charge >= 0.3 is 7.12 Å². The summed E-state index contributed by atoms with van der Waals surface area (Å²) in [5, 5.41) is 60.2. The molecule has 0 saturated heterocycles. The fourth-order valence-corrected chi connectivity index (χ4v) is 6.79. The van der Waals surface area contributed by atoms with Gasteiger partial charge in [-0.25, -0.2) is 13.2 Å². The van der Waals surface area contributed by atoms with E-state index in [-0.39, 0.29) is 65.8 Å². The Morgan fingerprint density at radius 1 is 0.434 bits per heavy atom. The predicted octanol–water partition coefficient (Wildman–Crippen LogP) is 11.1. The van der Waals surface area contributed by atoms with E-state index < -0.39 is 24.6 Å². The van der Waals surface area contributed by atoms with Crippen LogP contribution in [0, 0.1) is 17.5 Å². The zero-order valence-electron chi connectivity index (χ0n) is 26.6. The van der Waals surface area contributed by atoms with Gasteiger partial charge in [0.2, 0.25) is 0 Å². The molecule has 270 valence electrons. The van der Waals surface area contributed by atoms with E-state index in [1.165, 1.54) is 48.5 Å². The second-order valence-electron chi connectivity index (χ2n) is 11.2. The average molecular weight is 910 g/mol. The Hall–Kier alpha value is -4.14. The first-order chi connectivity index (χ1) is 25.1. The van der Waals surface area contributed by atoms with Crippen LogP contribution in [-0.4, -0.2) is 37.6 Å². The third-order valence-electron chi connectivity index (χ3n) is 7.83. The number of phenolic OH excluding ortho intramolecular Hbond substituents is 4. The summed E-state index contributed by atoms with van der Waals surface area (Å²) in [5.74, 6) is -1.85. The number of fused-ring (bicyclic) bond motifs is 2. The van der Waals surface area contributed by atoms with Gasteiger partial charge < -0.3 is 30.5 Å². The molecule has 0 bridgehead atoms. The summed E-state index contributed by atoms with van der Waals surface area (Å²) < 4.78 is 43.0. The molecule has 0 radical (unpaired) electrons. The van der Waals surface area contributed by atoms with E-state index >= 15 is 0 Å².